The third-order valence-corrected chi connectivity index (χ3v) is 2.11. The average Bonchev–Trinajstić information content (AvgIpc) is 2.38. The van der Waals surface area contributed by atoms with Crippen molar-refractivity contribution in [1.82, 2.24) is 20.6 Å². The number of rotatable bonds is 3. The first-order valence-electron chi connectivity index (χ1n) is 5.04. The Bertz CT molecular complexity index is 645. The summed E-state index contributed by atoms with van der Waals surface area (Å²) in [5, 5.41) is 24.8. The lowest BCUT2D eigenvalue weighted by atomic mass is 10.2. The van der Waals surface area contributed by atoms with Crippen molar-refractivity contribution >= 4 is 17.5 Å². The summed E-state index contributed by atoms with van der Waals surface area (Å²) < 4.78 is 0. The topological polar surface area (TPSA) is 144 Å². The Morgan fingerprint density at radius 1 is 1.16 bits per heavy atom. The number of nitrogens with zero attached hydrogens (tertiary/aromatic N) is 4. The van der Waals surface area contributed by atoms with Gasteiger partial charge in [-0.3, -0.25) is 9.59 Å². The van der Waals surface area contributed by atoms with Crippen molar-refractivity contribution < 1.29 is 14.7 Å². The number of phenolic OH excluding ortho intramolecular Hbond substituents is 1. The van der Waals surface area contributed by atoms with Gasteiger partial charge in [0.15, 0.2) is 11.4 Å². The van der Waals surface area contributed by atoms with Crippen LogP contribution in [0.5, 0.6) is 5.75 Å². The zero-order valence-electron chi connectivity index (χ0n) is 9.44. The second kappa shape index (κ2) is 5.04. The van der Waals surface area contributed by atoms with Crippen LogP contribution < -0.4 is 11.1 Å². The molecule has 0 unspecified atom stereocenters. The maximum atomic E-state index is 11.9. The molecule has 2 amide bonds. The predicted molar refractivity (Wildman–Crippen MR) is 62.2 cm³/mol. The molecule has 0 saturated heterocycles. The molecular formula is C10H8N6O3. The van der Waals surface area contributed by atoms with Crippen LogP contribution in [0.2, 0.25) is 0 Å². The minimum absolute atomic E-state index is 0.0214. The number of hydrogen-bond acceptors (Lipinski definition) is 7. The van der Waals surface area contributed by atoms with E-state index in [4.69, 9.17) is 5.73 Å². The van der Waals surface area contributed by atoms with E-state index in [2.05, 4.69) is 25.9 Å². The number of carbonyl (C=O) groups is 2. The zero-order chi connectivity index (χ0) is 13.8. The summed E-state index contributed by atoms with van der Waals surface area (Å²) >= 11 is 0. The molecule has 0 bridgehead atoms. The van der Waals surface area contributed by atoms with Crippen LogP contribution in [0.15, 0.2) is 24.3 Å². The highest BCUT2D eigenvalue weighted by molar-refractivity contribution is 6.09. The van der Waals surface area contributed by atoms with Gasteiger partial charge < -0.3 is 16.2 Å². The number of nitrogens with one attached hydrogen (secondary N) is 1. The standard InChI is InChI=1S/C10H8N6O3/c11-9(18)7-8(14-16-15-13-7)10(19)12-5-2-1-3-6(17)4-5/h1-4,17H,(H2,11,18)(H,12,19). The van der Waals surface area contributed by atoms with Crippen molar-refractivity contribution in [2.45, 2.75) is 0 Å². The van der Waals surface area contributed by atoms with E-state index in [1.807, 2.05) is 0 Å². The number of hydrogen-bond donors (Lipinski definition) is 3. The molecule has 0 atom stereocenters. The van der Waals surface area contributed by atoms with Gasteiger partial charge in [-0.1, -0.05) is 6.07 Å². The Morgan fingerprint density at radius 3 is 2.47 bits per heavy atom. The maximum absolute atomic E-state index is 11.9. The molecular weight excluding hydrogens is 252 g/mol. The Morgan fingerprint density at radius 2 is 1.84 bits per heavy atom. The van der Waals surface area contributed by atoms with Crippen molar-refractivity contribution in [3.8, 4) is 5.75 Å². The van der Waals surface area contributed by atoms with Crippen LogP contribution in [0.1, 0.15) is 21.0 Å². The van der Waals surface area contributed by atoms with Gasteiger partial charge in [0.1, 0.15) is 5.75 Å². The molecule has 9 heteroatoms. The van der Waals surface area contributed by atoms with E-state index in [0.717, 1.165) is 0 Å². The maximum Gasteiger partial charge on any atom is 0.278 e. The van der Waals surface area contributed by atoms with Crippen LogP contribution in [0.25, 0.3) is 0 Å². The quantitative estimate of drug-likeness (QED) is 0.663. The van der Waals surface area contributed by atoms with E-state index in [-0.39, 0.29) is 17.1 Å². The van der Waals surface area contributed by atoms with E-state index in [9.17, 15) is 14.7 Å². The van der Waals surface area contributed by atoms with E-state index >= 15 is 0 Å². The van der Waals surface area contributed by atoms with Crippen molar-refractivity contribution in [1.29, 1.82) is 0 Å². The molecule has 0 radical (unpaired) electrons. The second-order valence-electron chi connectivity index (χ2n) is 3.44. The molecule has 1 aromatic carbocycles. The number of benzene rings is 1. The van der Waals surface area contributed by atoms with Crippen LogP contribution in [-0.4, -0.2) is 37.5 Å². The number of anilines is 1. The van der Waals surface area contributed by atoms with Gasteiger partial charge >= 0.3 is 0 Å². The third kappa shape index (κ3) is 2.77. The zero-order valence-corrected chi connectivity index (χ0v) is 9.44. The van der Waals surface area contributed by atoms with Crippen molar-refractivity contribution in [2.24, 2.45) is 5.73 Å². The number of aromatic nitrogens is 4. The molecule has 2 rings (SSSR count). The van der Waals surface area contributed by atoms with E-state index in [1.54, 1.807) is 6.07 Å². The second-order valence-corrected chi connectivity index (χ2v) is 3.44. The van der Waals surface area contributed by atoms with Crippen molar-refractivity contribution in [3.05, 3.63) is 35.7 Å². The summed E-state index contributed by atoms with van der Waals surface area (Å²) in [6, 6.07) is 5.85. The Kier molecular flexibility index (Phi) is 3.28. The monoisotopic (exact) mass is 260 g/mol. The molecule has 0 aliphatic carbocycles. The summed E-state index contributed by atoms with van der Waals surface area (Å²) in [5.74, 6) is -1.70. The molecule has 0 saturated carbocycles. The van der Waals surface area contributed by atoms with Crippen LogP contribution in [0, 0.1) is 0 Å². The van der Waals surface area contributed by atoms with Gasteiger partial charge in [0.25, 0.3) is 11.8 Å². The molecule has 0 spiro atoms. The first-order chi connectivity index (χ1) is 9.08. The lowest BCUT2D eigenvalue weighted by Crippen LogP contribution is -2.24. The fourth-order valence-corrected chi connectivity index (χ4v) is 1.32. The Balaban J connectivity index is 2.28. The molecule has 2 aromatic rings. The van der Waals surface area contributed by atoms with Gasteiger partial charge in [-0.05, 0) is 22.6 Å². The first kappa shape index (κ1) is 12.4. The van der Waals surface area contributed by atoms with Crippen molar-refractivity contribution in [3.63, 3.8) is 0 Å². The normalized spacial score (nSPS) is 9.89. The highest BCUT2D eigenvalue weighted by atomic mass is 16.3. The highest BCUT2D eigenvalue weighted by Gasteiger charge is 2.20. The van der Waals surface area contributed by atoms with E-state index in [1.165, 1.54) is 18.2 Å². The molecule has 4 N–H and O–H groups in total. The van der Waals surface area contributed by atoms with Crippen LogP contribution in [0.3, 0.4) is 0 Å². The lowest BCUT2D eigenvalue weighted by Gasteiger charge is -2.05. The number of phenols is 1. The summed E-state index contributed by atoms with van der Waals surface area (Å²) in [6.07, 6.45) is 0. The summed E-state index contributed by atoms with van der Waals surface area (Å²) in [4.78, 5) is 22.9. The molecule has 9 nitrogen and oxygen atoms in total. The largest absolute Gasteiger partial charge is 0.508 e. The third-order valence-electron chi connectivity index (χ3n) is 2.11. The van der Waals surface area contributed by atoms with Crippen LogP contribution >= 0.6 is 0 Å². The van der Waals surface area contributed by atoms with Crippen molar-refractivity contribution in [2.75, 3.05) is 5.32 Å². The SMILES string of the molecule is NC(=O)c1nnnnc1C(=O)Nc1cccc(O)c1. The molecule has 0 fully saturated rings. The van der Waals surface area contributed by atoms with Gasteiger partial charge in [0.05, 0.1) is 0 Å². The lowest BCUT2D eigenvalue weighted by molar-refractivity contribution is 0.0966. The van der Waals surface area contributed by atoms with Gasteiger partial charge in [0, 0.05) is 11.8 Å². The van der Waals surface area contributed by atoms with Crippen LogP contribution in [0.4, 0.5) is 5.69 Å². The number of nitrogens with two attached hydrogens (primary N) is 1. The smallest absolute Gasteiger partial charge is 0.278 e. The Labute approximate surface area is 106 Å². The van der Waals surface area contributed by atoms with Gasteiger partial charge in [-0.2, -0.15) is 0 Å². The minimum atomic E-state index is -0.941. The molecule has 0 aliphatic rings. The first-order valence-corrected chi connectivity index (χ1v) is 5.04. The van der Waals surface area contributed by atoms with E-state index in [0.29, 0.717) is 5.69 Å². The number of amides is 2. The van der Waals surface area contributed by atoms with Gasteiger partial charge in [-0.15, -0.1) is 10.2 Å². The number of carbonyl (C=O) groups excluding carboxylic acids is 2. The summed E-state index contributed by atoms with van der Waals surface area (Å²) in [5.41, 5.74) is 4.64. The number of aromatic hydroxyl groups is 1. The molecule has 96 valence electrons. The van der Waals surface area contributed by atoms with Crippen LogP contribution in [-0.2, 0) is 0 Å². The molecule has 0 aliphatic heterocycles. The number of primary amides is 1. The minimum Gasteiger partial charge on any atom is -0.508 e. The fourth-order valence-electron chi connectivity index (χ4n) is 1.32. The molecule has 1 heterocycles. The summed E-state index contributed by atoms with van der Waals surface area (Å²) in [6.45, 7) is 0. The fraction of sp³-hybridized carbons (Fsp3) is 0. The highest BCUT2D eigenvalue weighted by Crippen LogP contribution is 2.16. The molecule has 1 aromatic heterocycles. The molecule has 19 heavy (non-hydrogen) atoms. The average molecular weight is 260 g/mol. The summed E-state index contributed by atoms with van der Waals surface area (Å²) in [7, 11) is 0. The van der Waals surface area contributed by atoms with Gasteiger partial charge in [0.2, 0.25) is 0 Å². The van der Waals surface area contributed by atoms with E-state index < -0.39 is 11.8 Å². The van der Waals surface area contributed by atoms with Gasteiger partial charge in [-0.25, -0.2) is 0 Å². The Hall–Kier alpha value is -3.10. The predicted octanol–water partition coefficient (Wildman–Crippen LogP) is -0.677.